The SMILES string of the molecule is CCOc1ccc([C@H](c2sc3nc(C)nn3c2O)N2CCc3ccccc3C2)cc1OC. The molecule has 0 bridgehead atoms. The Morgan fingerprint density at radius 2 is 1.97 bits per heavy atom. The third-order valence-electron chi connectivity index (χ3n) is 5.88. The van der Waals surface area contributed by atoms with E-state index in [1.54, 1.807) is 7.11 Å². The molecular weight excluding hydrogens is 424 g/mol. The summed E-state index contributed by atoms with van der Waals surface area (Å²) in [6, 6.07) is 14.4. The lowest BCUT2D eigenvalue weighted by Gasteiger charge is -2.35. The lowest BCUT2D eigenvalue weighted by atomic mass is 9.95. The van der Waals surface area contributed by atoms with E-state index in [2.05, 4.69) is 45.3 Å². The van der Waals surface area contributed by atoms with E-state index in [4.69, 9.17) is 9.47 Å². The van der Waals surface area contributed by atoms with Gasteiger partial charge in [0.15, 0.2) is 11.5 Å². The third kappa shape index (κ3) is 3.59. The van der Waals surface area contributed by atoms with E-state index in [1.807, 2.05) is 26.0 Å². The fourth-order valence-electron chi connectivity index (χ4n) is 4.42. The van der Waals surface area contributed by atoms with Gasteiger partial charge in [0.2, 0.25) is 10.8 Å². The van der Waals surface area contributed by atoms with Crippen molar-refractivity contribution in [3.63, 3.8) is 0 Å². The Kier molecular flexibility index (Phi) is 5.48. The van der Waals surface area contributed by atoms with E-state index in [0.717, 1.165) is 30.0 Å². The first-order valence-electron chi connectivity index (χ1n) is 10.8. The summed E-state index contributed by atoms with van der Waals surface area (Å²) in [5.41, 5.74) is 3.73. The highest BCUT2D eigenvalue weighted by atomic mass is 32.1. The number of nitrogens with zero attached hydrogens (tertiary/aromatic N) is 4. The highest BCUT2D eigenvalue weighted by molar-refractivity contribution is 7.17. The van der Waals surface area contributed by atoms with Gasteiger partial charge in [-0.1, -0.05) is 41.7 Å². The molecule has 3 heterocycles. The van der Waals surface area contributed by atoms with Crippen molar-refractivity contribution in [2.45, 2.75) is 32.9 Å². The Morgan fingerprint density at radius 3 is 2.72 bits per heavy atom. The molecule has 8 heteroatoms. The molecule has 0 fully saturated rings. The van der Waals surface area contributed by atoms with Crippen LogP contribution in [0.25, 0.3) is 4.96 Å². The molecule has 0 amide bonds. The highest BCUT2D eigenvalue weighted by Crippen LogP contribution is 2.43. The normalized spacial score (nSPS) is 15.0. The molecule has 32 heavy (non-hydrogen) atoms. The van der Waals surface area contributed by atoms with Gasteiger partial charge in [0.1, 0.15) is 5.82 Å². The topological polar surface area (TPSA) is 72.1 Å². The summed E-state index contributed by atoms with van der Waals surface area (Å²) in [4.78, 5) is 8.38. The Hall–Kier alpha value is -3.10. The molecule has 1 N–H and O–H groups in total. The molecule has 0 saturated carbocycles. The maximum absolute atomic E-state index is 11.1. The smallest absolute Gasteiger partial charge is 0.230 e. The number of rotatable bonds is 6. The second-order valence-electron chi connectivity index (χ2n) is 7.88. The maximum Gasteiger partial charge on any atom is 0.230 e. The summed E-state index contributed by atoms with van der Waals surface area (Å²) in [5, 5.41) is 15.5. The van der Waals surface area contributed by atoms with Crippen LogP contribution in [-0.4, -0.2) is 44.9 Å². The van der Waals surface area contributed by atoms with Crippen LogP contribution >= 0.6 is 11.3 Å². The van der Waals surface area contributed by atoms with Crippen molar-refractivity contribution in [1.82, 2.24) is 19.5 Å². The number of aromatic hydroxyl groups is 1. The Balaban J connectivity index is 1.62. The van der Waals surface area contributed by atoms with E-state index in [1.165, 1.54) is 27.0 Å². The molecule has 1 atom stereocenters. The first-order valence-corrected chi connectivity index (χ1v) is 11.6. The number of aromatic nitrogens is 3. The zero-order valence-corrected chi connectivity index (χ0v) is 19.2. The van der Waals surface area contributed by atoms with Gasteiger partial charge in [-0.25, -0.2) is 4.98 Å². The molecule has 2 aromatic carbocycles. The number of fused-ring (bicyclic) bond motifs is 2. The van der Waals surface area contributed by atoms with Gasteiger partial charge in [0.25, 0.3) is 0 Å². The van der Waals surface area contributed by atoms with Crippen molar-refractivity contribution in [3.05, 3.63) is 69.9 Å². The largest absolute Gasteiger partial charge is 0.493 e. The fourth-order valence-corrected chi connectivity index (χ4v) is 5.58. The average Bonchev–Trinajstić information content (AvgIpc) is 3.32. The van der Waals surface area contributed by atoms with Gasteiger partial charge in [-0.05, 0) is 49.1 Å². The van der Waals surface area contributed by atoms with E-state index in [0.29, 0.717) is 28.9 Å². The van der Waals surface area contributed by atoms with Crippen molar-refractivity contribution < 1.29 is 14.6 Å². The van der Waals surface area contributed by atoms with E-state index < -0.39 is 0 Å². The lowest BCUT2D eigenvalue weighted by molar-refractivity contribution is 0.204. The minimum absolute atomic E-state index is 0.141. The molecule has 7 nitrogen and oxygen atoms in total. The number of hydrogen-bond donors (Lipinski definition) is 1. The Bertz CT molecular complexity index is 1270. The Labute approximate surface area is 190 Å². The van der Waals surface area contributed by atoms with Crippen molar-refractivity contribution in [1.29, 1.82) is 0 Å². The van der Waals surface area contributed by atoms with Crippen LogP contribution in [0.5, 0.6) is 17.4 Å². The number of ether oxygens (including phenoxy) is 2. The summed E-state index contributed by atoms with van der Waals surface area (Å²) in [6.07, 6.45) is 0.960. The molecular formula is C24H26N4O3S. The average molecular weight is 451 g/mol. The molecule has 0 unspecified atom stereocenters. The summed E-state index contributed by atoms with van der Waals surface area (Å²) >= 11 is 1.48. The molecule has 4 aromatic rings. The summed E-state index contributed by atoms with van der Waals surface area (Å²) < 4.78 is 12.9. The predicted octanol–water partition coefficient (Wildman–Crippen LogP) is 4.36. The van der Waals surface area contributed by atoms with Crippen LogP contribution in [-0.2, 0) is 13.0 Å². The molecule has 0 spiro atoms. The number of hydrogen-bond acceptors (Lipinski definition) is 7. The van der Waals surface area contributed by atoms with Crippen molar-refractivity contribution >= 4 is 16.3 Å². The summed E-state index contributed by atoms with van der Waals surface area (Å²) in [6.45, 7) is 6.02. The predicted molar refractivity (Wildman–Crippen MR) is 124 cm³/mol. The van der Waals surface area contributed by atoms with Gasteiger partial charge >= 0.3 is 0 Å². The minimum atomic E-state index is -0.165. The summed E-state index contributed by atoms with van der Waals surface area (Å²) in [5.74, 6) is 2.18. The number of methoxy groups -OCH3 is 1. The highest BCUT2D eigenvalue weighted by Gasteiger charge is 2.32. The van der Waals surface area contributed by atoms with Crippen LogP contribution in [0, 0.1) is 6.92 Å². The zero-order chi connectivity index (χ0) is 22.2. The number of aryl methyl sites for hydroxylation is 1. The molecule has 0 radical (unpaired) electrons. The van der Waals surface area contributed by atoms with Crippen LogP contribution in [0.15, 0.2) is 42.5 Å². The second-order valence-corrected chi connectivity index (χ2v) is 8.89. The summed E-state index contributed by atoms with van der Waals surface area (Å²) in [7, 11) is 1.65. The quantitative estimate of drug-likeness (QED) is 0.471. The van der Waals surface area contributed by atoms with Gasteiger partial charge in [-0.15, -0.1) is 5.10 Å². The molecule has 0 aliphatic carbocycles. The van der Waals surface area contributed by atoms with Crippen molar-refractivity contribution in [3.8, 4) is 17.4 Å². The van der Waals surface area contributed by atoms with Crippen molar-refractivity contribution in [2.24, 2.45) is 0 Å². The van der Waals surface area contributed by atoms with Gasteiger partial charge in [0.05, 0.1) is 24.6 Å². The number of benzene rings is 2. The van der Waals surface area contributed by atoms with E-state index in [9.17, 15) is 5.11 Å². The molecule has 2 aromatic heterocycles. The van der Waals surface area contributed by atoms with Crippen LogP contribution < -0.4 is 9.47 Å². The third-order valence-corrected chi connectivity index (χ3v) is 6.96. The molecule has 1 aliphatic rings. The van der Waals surface area contributed by atoms with E-state index >= 15 is 0 Å². The first-order chi connectivity index (χ1) is 15.6. The van der Waals surface area contributed by atoms with Gasteiger partial charge < -0.3 is 14.6 Å². The molecule has 1 aliphatic heterocycles. The second kappa shape index (κ2) is 8.44. The maximum atomic E-state index is 11.1. The monoisotopic (exact) mass is 450 g/mol. The molecule has 5 rings (SSSR count). The minimum Gasteiger partial charge on any atom is -0.493 e. The van der Waals surface area contributed by atoms with Crippen LogP contribution in [0.3, 0.4) is 0 Å². The van der Waals surface area contributed by atoms with Crippen molar-refractivity contribution in [2.75, 3.05) is 20.3 Å². The zero-order valence-electron chi connectivity index (χ0n) is 18.4. The van der Waals surface area contributed by atoms with Gasteiger partial charge in [-0.2, -0.15) is 4.52 Å². The van der Waals surface area contributed by atoms with Crippen LogP contribution in [0.4, 0.5) is 0 Å². The van der Waals surface area contributed by atoms with E-state index in [-0.39, 0.29) is 11.9 Å². The lowest BCUT2D eigenvalue weighted by Crippen LogP contribution is -2.34. The van der Waals surface area contributed by atoms with Gasteiger partial charge in [0, 0.05) is 13.1 Å². The fraction of sp³-hybridized carbons (Fsp3) is 0.333. The Morgan fingerprint density at radius 1 is 1.16 bits per heavy atom. The first kappa shape index (κ1) is 20.8. The molecule has 0 saturated heterocycles. The van der Waals surface area contributed by atoms with Crippen LogP contribution in [0.1, 0.15) is 40.4 Å². The molecule has 166 valence electrons. The number of thiazole rings is 1. The van der Waals surface area contributed by atoms with Gasteiger partial charge in [-0.3, -0.25) is 4.90 Å². The van der Waals surface area contributed by atoms with Crippen LogP contribution in [0.2, 0.25) is 0 Å². The standard InChI is InChI=1S/C24H26N4O3S/c1-4-31-19-10-9-17(13-20(19)30-3)21(22-23(29)28-24(32-22)25-15(2)26-28)27-12-11-16-7-5-6-8-18(16)14-27/h5-10,13,21,29H,4,11-12,14H2,1-3H3/t21-/m1/s1.